The van der Waals surface area contributed by atoms with Crippen molar-refractivity contribution < 1.29 is 9.90 Å². The fourth-order valence-corrected chi connectivity index (χ4v) is 0.394. The van der Waals surface area contributed by atoms with Crippen LogP contribution in [0.4, 0.5) is 0 Å². The summed E-state index contributed by atoms with van der Waals surface area (Å²) in [5, 5.41) is 8.47. The molecule has 0 radical (unpaired) electrons. The van der Waals surface area contributed by atoms with Crippen molar-refractivity contribution in [1.29, 1.82) is 0 Å². The lowest BCUT2D eigenvalue weighted by atomic mass is 10.0. The summed E-state index contributed by atoms with van der Waals surface area (Å²) in [6, 6.07) is -0.727. The lowest BCUT2D eigenvalue weighted by Gasteiger charge is -2.12. The Kier molecular flexibility index (Phi) is 3.19. The van der Waals surface area contributed by atoms with Crippen molar-refractivity contribution in [3.8, 4) is 0 Å². The average Bonchev–Trinajstić information content (AvgIpc) is 1.84. The van der Waals surface area contributed by atoms with Crippen LogP contribution in [0.15, 0.2) is 0 Å². The highest BCUT2D eigenvalue weighted by molar-refractivity contribution is 5.79. The van der Waals surface area contributed by atoms with E-state index in [2.05, 4.69) is 0 Å². The highest BCUT2D eigenvalue weighted by Crippen LogP contribution is 1.96. The first kappa shape index (κ1) is 8.39. The third kappa shape index (κ3) is 2.43. The molecule has 1 amide bonds. The molecule has 0 aliphatic heterocycles. The first-order valence-corrected chi connectivity index (χ1v) is 2.75. The number of rotatable bonds is 3. The minimum Gasteiger partial charge on any atom is -0.396 e. The Balaban J connectivity index is 3.72. The largest absolute Gasteiger partial charge is 0.396 e. The van der Waals surface area contributed by atoms with Crippen molar-refractivity contribution in [3.63, 3.8) is 0 Å². The average molecular weight is 132 g/mol. The van der Waals surface area contributed by atoms with Crippen LogP contribution in [-0.4, -0.2) is 23.7 Å². The van der Waals surface area contributed by atoms with Gasteiger partial charge in [0.1, 0.15) is 0 Å². The van der Waals surface area contributed by atoms with Crippen molar-refractivity contribution in [1.82, 2.24) is 0 Å². The summed E-state index contributed by atoms with van der Waals surface area (Å²) in [5.74, 6) is -0.820. The van der Waals surface area contributed by atoms with E-state index in [0.29, 0.717) is 0 Å². The predicted molar refractivity (Wildman–Crippen MR) is 33.4 cm³/mol. The molecule has 0 saturated carbocycles. The quantitative estimate of drug-likeness (QED) is 0.433. The molecule has 0 aromatic heterocycles. The first-order chi connectivity index (χ1) is 4.09. The van der Waals surface area contributed by atoms with Gasteiger partial charge >= 0.3 is 0 Å². The van der Waals surface area contributed by atoms with Crippen molar-refractivity contribution >= 4 is 5.91 Å². The van der Waals surface area contributed by atoms with Gasteiger partial charge < -0.3 is 16.6 Å². The van der Waals surface area contributed by atoms with Gasteiger partial charge in [-0.25, -0.2) is 0 Å². The van der Waals surface area contributed by atoms with Gasteiger partial charge in [-0.1, -0.05) is 6.92 Å². The van der Waals surface area contributed by atoms with Gasteiger partial charge in [-0.05, 0) is 0 Å². The van der Waals surface area contributed by atoms with E-state index in [0.717, 1.165) is 0 Å². The van der Waals surface area contributed by atoms with E-state index in [4.69, 9.17) is 16.6 Å². The van der Waals surface area contributed by atoms with E-state index in [1.807, 2.05) is 0 Å². The van der Waals surface area contributed by atoms with Crippen LogP contribution < -0.4 is 11.5 Å². The minimum atomic E-state index is -0.727. The molecule has 4 nitrogen and oxygen atoms in total. The van der Waals surface area contributed by atoms with Crippen LogP contribution in [0.2, 0.25) is 0 Å². The zero-order valence-electron chi connectivity index (χ0n) is 5.37. The fourth-order valence-electron chi connectivity index (χ4n) is 0.394. The van der Waals surface area contributed by atoms with E-state index in [1.165, 1.54) is 0 Å². The summed E-state index contributed by atoms with van der Waals surface area (Å²) in [6.07, 6.45) is 0. The van der Waals surface area contributed by atoms with Crippen LogP contribution >= 0.6 is 0 Å². The van der Waals surface area contributed by atoms with Crippen LogP contribution in [0, 0.1) is 5.92 Å². The lowest BCUT2D eigenvalue weighted by molar-refractivity contribution is -0.120. The normalized spacial score (nSPS) is 16.8. The van der Waals surface area contributed by atoms with E-state index < -0.39 is 11.9 Å². The second kappa shape index (κ2) is 3.42. The number of aliphatic hydroxyl groups is 1. The van der Waals surface area contributed by atoms with Gasteiger partial charge in [-0.3, -0.25) is 4.79 Å². The molecule has 9 heavy (non-hydrogen) atoms. The first-order valence-electron chi connectivity index (χ1n) is 2.75. The molecule has 2 atom stereocenters. The Morgan fingerprint density at radius 3 is 2.33 bits per heavy atom. The Labute approximate surface area is 53.8 Å². The standard InChI is InChI=1S/C5H12N2O2/c1-3(2-8)4(6)5(7)9/h3-4,8H,2,6H2,1H3,(H2,7,9). The van der Waals surface area contributed by atoms with Crippen molar-refractivity contribution in [2.45, 2.75) is 13.0 Å². The van der Waals surface area contributed by atoms with E-state index in [-0.39, 0.29) is 12.5 Å². The van der Waals surface area contributed by atoms with E-state index in [1.54, 1.807) is 6.92 Å². The smallest absolute Gasteiger partial charge is 0.234 e. The second-order valence-corrected chi connectivity index (χ2v) is 2.09. The van der Waals surface area contributed by atoms with Gasteiger partial charge in [0.2, 0.25) is 5.91 Å². The van der Waals surface area contributed by atoms with Crippen LogP contribution in [-0.2, 0) is 4.79 Å². The number of primary amides is 1. The number of aliphatic hydroxyl groups excluding tert-OH is 1. The summed E-state index contributed by atoms with van der Waals surface area (Å²) in [7, 11) is 0. The molecule has 0 saturated heterocycles. The molecule has 0 aliphatic rings. The zero-order chi connectivity index (χ0) is 7.44. The highest BCUT2D eigenvalue weighted by atomic mass is 16.3. The third-order valence-electron chi connectivity index (χ3n) is 1.23. The van der Waals surface area contributed by atoms with E-state index >= 15 is 0 Å². The topological polar surface area (TPSA) is 89.3 Å². The van der Waals surface area contributed by atoms with Gasteiger partial charge in [0, 0.05) is 12.5 Å². The Bertz CT molecular complexity index is 105. The van der Waals surface area contributed by atoms with Crippen molar-refractivity contribution in [2.24, 2.45) is 17.4 Å². The number of amides is 1. The molecule has 0 bridgehead atoms. The second-order valence-electron chi connectivity index (χ2n) is 2.09. The fraction of sp³-hybridized carbons (Fsp3) is 0.800. The maximum absolute atomic E-state index is 10.3. The van der Waals surface area contributed by atoms with Crippen LogP contribution in [0.25, 0.3) is 0 Å². The molecule has 5 N–H and O–H groups in total. The van der Waals surface area contributed by atoms with Crippen molar-refractivity contribution in [3.05, 3.63) is 0 Å². The molecule has 0 aromatic carbocycles. The molecule has 0 spiro atoms. The lowest BCUT2D eigenvalue weighted by Crippen LogP contribution is -2.42. The monoisotopic (exact) mass is 132 g/mol. The van der Waals surface area contributed by atoms with Crippen molar-refractivity contribution in [2.75, 3.05) is 6.61 Å². The summed E-state index contributed by atoms with van der Waals surface area (Å²) < 4.78 is 0. The Hall–Kier alpha value is -0.610. The summed E-state index contributed by atoms with van der Waals surface area (Å²) >= 11 is 0. The highest BCUT2D eigenvalue weighted by Gasteiger charge is 2.16. The molecular weight excluding hydrogens is 120 g/mol. The summed E-state index contributed by atoms with van der Waals surface area (Å²) in [6.45, 7) is 1.56. The van der Waals surface area contributed by atoms with Crippen LogP contribution in [0.5, 0.6) is 0 Å². The molecule has 0 aromatic rings. The SMILES string of the molecule is CC(CO)C(N)C(N)=O. The van der Waals surface area contributed by atoms with Gasteiger partial charge in [-0.2, -0.15) is 0 Å². The molecule has 0 aliphatic carbocycles. The molecule has 0 fully saturated rings. The van der Waals surface area contributed by atoms with Gasteiger partial charge in [0.15, 0.2) is 0 Å². The van der Waals surface area contributed by atoms with E-state index in [9.17, 15) is 4.79 Å². The molecule has 0 heterocycles. The predicted octanol–water partition coefficient (Wildman–Crippen LogP) is -1.57. The molecular formula is C5H12N2O2. The zero-order valence-corrected chi connectivity index (χ0v) is 5.37. The maximum Gasteiger partial charge on any atom is 0.234 e. The molecule has 2 unspecified atom stereocenters. The minimum absolute atomic E-state index is 0.107. The number of hydrogen-bond donors (Lipinski definition) is 3. The Morgan fingerprint density at radius 2 is 2.22 bits per heavy atom. The van der Waals surface area contributed by atoms with Gasteiger partial charge in [-0.15, -0.1) is 0 Å². The molecule has 54 valence electrons. The van der Waals surface area contributed by atoms with Crippen LogP contribution in [0.3, 0.4) is 0 Å². The number of carbonyl (C=O) groups is 1. The third-order valence-corrected chi connectivity index (χ3v) is 1.23. The molecule has 0 rings (SSSR count). The molecule has 4 heteroatoms. The van der Waals surface area contributed by atoms with Gasteiger partial charge in [0.05, 0.1) is 6.04 Å². The Morgan fingerprint density at radius 1 is 1.78 bits per heavy atom. The number of nitrogens with two attached hydrogens (primary N) is 2. The summed E-state index contributed by atoms with van der Waals surface area (Å²) in [5.41, 5.74) is 10.1. The van der Waals surface area contributed by atoms with Gasteiger partial charge in [0.25, 0.3) is 0 Å². The number of carbonyl (C=O) groups excluding carboxylic acids is 1. The summed E-state index contributed by atoms with van der Waals surface area (Å²) in [4.78, 5) is 10.3. The maximum atomic E-state index is 10.3. The number of hydrogen-bond acceptors (Lipinski definition) is 3. The van der Waals surface area contributed by atoms with Crippen LogP contribution in [0.1, 0.15) is 6.92 Å².